The van der Waals surface area contributed by atoms with Crippen LogP contribution in [0.3, 0.4) is 0 Å². The van der Waals surface area contributed by atoms with Crippen LogP contribution in [-0.4, -0.2) is 25.3 Å². The molecule has 0 atom stereocenters. The van der Waals surface area contributed by atoms with Gasteiger partial charge < -0.3 is 14.1 Å². The van der Waals surface area contributed by atoms with Crippen molar-refractivity contribution in [3.63, 3.8) is 0 Å². The fourth-order valence-electron chi connectivity index (χ4n) is 5.19. The minimum atomic E-state index is -4.07. The zero-order valence-corrected chi connectivity index (χ0v) is 23.8. The van der Waals surface area contributed by atoms with E-state index in [4.69, 9.17) is 9.15 Å². The molecule has 5 aromatic rings. The Kier molecular flexibility index (Phi) is 7.11. The Bertz CT molecular complexity index is 1920. The smallest absolute Gasteiger partial charge is 0.374 e. The highest BCUT2D eigenvalue weighted by atomic mass is 32.2. The van der Waals surface area contributed by atoms with E-state index in [1.165, 1.54) is 0 Å². The number of ether oxygens (including phenoxy) is 1. The van der Waals surface area contributed by atoms with Gasteiger partial charge in [0.2, 0.25) is 11.5 Å². The van der Waals surface area contributed by atoms with E-state index >= 15 is 0 Å². The van der Waals surface area contributed by atoms with E-state index in [0.29, 0.717) is 24.1 Å². The molecule has 0 saturated carbocycles. The molecule has 1 aliphatic heterocycles. The largest absolute Gasteiger partial charge is 0.439 e. The first-order chi connectivity index (χ1) is 19.8. The van der Waals surface area contributed by atoms with E-state index in [2.05, 4.69) is 37.3 Å². The van der Waals surface area contributed by atoms with Gasteiger partial charge in [-0.05, 0) is 58.5 Å². The van der Waals surface area contributed by atoms with Crippen molar-refractivity contribution < 1.29 is 26.7 Å². The molecule has 0 amide bonds. The molecule has 0 radical (unpaired) electrons. The first-order valence-corrected chi connectivity index (χ1v) is 15.2. The van der Waals surface area contributed by atoms with Crippen LogP contribution < -0.4 is 14.2 Å². The maximum Gasteiger partial charge on any atom is 0.374 e. The maximum atomic E-state index is 11.4. The normalized spacial score (nSPS) is 14.7. The lowest BCUT2D eigenvalue weighted by Gasteiger charge is -2.18. The van der Waals surface area contributed by atoms with Crippen LogP contribution in [0, 0.1) is 0 Å². The van der Waals surface area contributed by atoms with Gasteiger partial charge in [0.05, 0.1) is 17.5 Å². The fourth-order valence-corrected chi connectivity index (χ4v) is 5.69. The standard InChI is InChI=1S/C33H30N2O5S/c1-3-23(18-32-34(2)28-20-27(14-15-30(28)39-32)24-10-5-4-6-11-24)19-33-35(16-9-17-41(36,37)38)29-21-25-12-7-8-13-26(25)22-31(29)40-33/h4-8,10-15,18-22H,3,9,16-17H2,1-2H3/p+1. The van der Waals surface area contributed by atoms with Gasteiger partial charge in [0.15, 0.2) is 5.75 Å². The van der Waals surface area contributed by atoms with E-state index in [9.17, 15) is 13.0 Å². The summed E-state index contributed by atoms with van der Waals surface area (Å²) in [6.07, 6.45) is 4.95. The van der Waals surface area contributed by atoms with Crippen LogP contribution in [0.5, 0.6) is 5.75 Å². The number of anilines is 1. The van der Waals surface area contributed by atoms with Crippen LogP contribution in [-0.2, 0) is 17.2 Å². The average molecular weight is 568 g/mol. The lowest BCUT2D eigenvalue weighted by Crippen LogP contribution is -2.29. The van der Waals surface area contributed by atoms with Crippen molar-refractivity contribution in [2.75, 3.05) is 17.2 Å². The number of hydrogen-bond acceptors (Lipinski definition) is 5. The Morgan fingerprint density at radius 2 is 1.68 bits per heavy atom. The number of allylic oxidation sites excluding steroid dienone is 2. The highest BCUT2D eigenvalue weighted by molar-refractivity contribution is 7.85. The second kappa shape index (κ2) is 10.9. The Balaban J connectivity index is 1.36. The van der Waals surface area contributed by atoms with Gasteiger partial charge in [-0.25, -0.2) is 0 Å². The quantitative estimate of drug-likeness (QED) is 0.162. The molecule has 0 fully saturated rings. The molecule has 8 heteroatoms. The van der Waals surface area contributed by atoms with Gasteiger partial charge in [0.1, 0.15) is 7.05 Å². The molecule has 4 aromatic carbocycles. The predicted molar refractivity (Wildman–Crippen MR) is 162 cm³/mol. The Morgan fingerprint density at radius 1 is 0.951 bits per heavy atom. The Labute approximate surface area is 239 Å². The zero-order chi connectivity index (χ0) is 28.6. The van der Waals surface area contributed by atoms with Gasteiger partial charge in [0, 0.05) is 18.7 Å². The number of fused-ring (bicyclic) bond motifs is 3. The summed E-state index contributed by atoms with van der Waals surface area (Å²) >= 11 is 0. The molecule has 0 bridgehead atoms. The number of rotatable bonds is 8. The van der Waals surface area contributed by atoms with Crippen LogP contribution in [0.2, 0.25) is 0 Å². The number of oxazole rings is 1. The monoisotopic (exact) mass is 567 g/mol. The summed E-state index contributed by atoms with van der Waals surface area (Å²) in [6, 6.07) is 28.5. The summed E-state index contributed by atoms with van der Waals surface area (Å²) in [4.78, 5) is 1.97. The highest BCUT2D eigenvalue weighted by Gasteiger charge is 2.28. The third-order valence-corrected chi connectivity index (χ3v) is 8.19. The topological polar surface area (TPSA) is 83.9 Å². The molecule has 0 unspecified atom stereocenters. The van der Waals surface area contributed by atoms with Gasteiger partial charge in [-0.1, -0.05) is 67.6 Å². The molecule has 41 heavy (non-hydrogen) atoms. The van der Waals surface area contributed by atoms with Gasteiger partial charge in [0.25, 0.3) is 15.6 Å². The average Bonchev–Trinajstić information content (AvgIpc) is 3.46. The Morgan fingerprint density at radius 3 is 2.41 bits per heavy atom. The minimum absolute atomic E-state index is 0.249. The van der Waals surface area contributed by atoms with Crippen molar-refractivity contribution in [1.82, 2.24) is 0 Å². The molecule has 6 rings (SSSR count). The number of aryl methyl sites for hydroxylation is 1. The summed E-state index contributed by atoms with van der Waals surface area (Å²) in [5, 5.41) is 2.12. The molecule has 208 valence electrons. The van der Waals surface area contributed by atoms with Crippen LogP contribution in [0.4, 0.5) is 5.69 Å². The first kappa shape index (κ1) is 26.8. The van der Waals surface area contributed by atoms with Crippen LogP contribution in [0.15, 0.2) is 107 Å². The highest BCUT2D eigenvalue weighted by Crippen LogP contribution is 2.42. The number of hydrogen-bond donors (Lipinski definition) is 1. The maximum absolute atomic E-state index is 11.4. The van der Waals surface area contributed by atoms with Crippen molar-refractivity contribution in [2.24, 2.45) is 7.05 Å². The molecule has 1 N–H and O–H groups in total. The summed E-state index contributed by atoms with van der Waals surface area (Å²) in [6.45, 7) is 2.44. The number of nitrogens with zero attached hydrogens (tertiary/aromatic N) is 2. The number of aromatic nitrogens is 1. The van der Waals surface area contributed by atoms with Gasteiger partial charge in [-0.3, -0.25) is 4.55 Å². The van der Waals surface area contributed by atoms with Crippen LogP contribution in [0.1, 0.15) is 25.7 Å². The van der Waals surface area contributed by atoms with E-state index < -0.39 is 10.1 Å². The second-order valence-corrected chi connectivity index (χ2v) is 11.7. The molecule has 0 saturated heterocycles. The molecular weight excluding hydrogens is 536 g/mol. The van der Waals surface area contributed by atoms with E-state index in [1.807, 2.05) is 83.3 Å². The van der Waals surface area contributed by atoms with Crippen molar-refractivity contribution in [2.45, 2.75) is 19.8 Å². The molecule has 0 spiro atoms. The third kappa shape index (κ3) is 5.62. The van der Waals surface area contributed by atoms with Crippen LogP contribution in [0.25, 0.3) is 39.1 Å². The van der Waals surface area contributed by atoms with Gasteiger partial charge in [-0.2, -0.15) is 13.0 Å². The predicted octanol–water partition coefficient (Wildman–Crippen LogP) is 6.89. The lowest BCUT2D eigenvalue weighted by molar-refractivity contribution is -0.652. The van der Waals surface area contributed by atoms with Crippen molar-refractivity contribution >= 4 is 43.8 Å². The zero-order valence-electron chi connectivity index (χ0n) is 22.9. The molecule has 7 nitrogen and oxygen atoms in total. The molecule has 2 heterocycles. The van der Waals surface area contributed by atoms with Crippen molar-refractivity contribution in [1.29, 1.82) is 0 Å². The van der Waals surface area contributed by atoms with Gasteiger partial charge in [-0.15, -0.1) is 0 Å². The molecular formula is C33H31N2O5S+. The fraction of sp³-hybridized carbons (Fsp3) is 0.182. The van der Waals surface area contributed by atoms with Crippen molar-refractivity contribution in [3.8, 4) is 16.9 Å². The summed E-state index contributed by atoms with van der Waals surface area (Å²) < 4.78 is 46.7. The lowest BCUT2D eigenvalue weighted by atomic mass is 10.1. The van der Waals surface area contributed by atoms with Gasteiger partial charge >= 0.3 is 5.89 Å². The Hall–Kier alpha value is -4.40. The van der Waals surface area contributed by atoms with Crippen LogP contribution >= 0.6 is 0 Å². The summed E-state index contributed by atoms with van der Waals surface area (Å²) in [5.74, 6) is 1.69. The summed E-state index contributed by atoms with van der Waals surface area (Å²) in [5.41, 5.74) is 5.89. The minimum Gasteiger partial charge on any atom is -0.439 e. The summed E-state index contributed by atoms with van der Waals surface area (Å²) in [7, 11) is -2.08. The van der Waals surface area contributed by atoms with E-state index in [0.717, 1.165) is 50.7 Å². The molecule has 1 aromatic heterocycles. The van der Waals surface area contributed by atoms with Crippen molar-refractivity contribution in [3.05, 3.63) is 108 Å². The van der Waals surface area contributed by atoms with E-state index in [-0.39, 0.29) is 12.2 Å². The van der Waals surface area contributed by atoms with E-state index in [1.54, 1.807) is 0 Å². The molecule has 1 aliphatic rings. The number of benzene rings is 4. The molecule has 0 aliphatic carbocycles. The first-order valence-electron chi connectivity index (χ1n) is 13.6. The SMILES string of the molecule is CCC(/C=C1\Oc2cc3ccccc3cc2N1CCCS(=O)(=O)O)=C\c1oc2ccc(-c3ccccc3)cc2[n+]1C. The third-order valence-electron chi connectivity index (χ3n) is 7.38. The second-order valence-electron chi connectivity index (χ2n) is 10.2.